The van der Waals surface area contributed by atoms with E-state index in [1.54, 1.807) is 41.7 Å². The molecule has 2 N–H and O–H groups in total. The first-order valence-electron chi connectivity index (χ1n) is 9.60. The SMILES string of the molecule is COC(=O)CNC(=O)Cc1ccc(NC(=O)/C=C/c2ccc(-c3ccccc3)s2)cc1. The Labute approximate surface area is 184 Å². The van der Waals surface area contributed by atoms with E-state index in [2.05, 4.69) is 27.5 Å². The molecule has 2 aromatic carbocycles. The maximum atomic E-state index is 12.2. The lowest BCUT2D eigenvalue weighted by Crippen LogP contribution is -2.31. The number of amides is 2. The van der Waals surface area contributed by atoms with Crippen molar-refractivity contribution >= 4 is 40.9 Å². The van der Waals surface area contributed by atoms with Crippen LogP contribution in [0.15, 0.2) is 72.8 Å². The van der Waals surface area contributed by atoms with Crippen LogP contribution in [0.2, 0.25) is 0 Å². The fourth-order valence-electron chi connectivity index (χ4n) is 2.74. The van der Waals surface area contributed by atoms with Gasteiger partial charge in [0.05, 0.1) is 13.5 Å². The summed E-state index contributed by atoms with van der Waals surface area (Å²) in [5.41, 5.74) is 2.54. The molecule has 3 aromatic rings. The van der Waals surface area contributed by atoms with E-state index in [0.717, 1.165) is 20.9 Å². The average molecular weight is 435 g/mol. The zero-order chi connectivity index (χ0) is 22.1. The summed E-state index contributed by atoms with van der Waals surface area (Å²) in [6, 6.07) is 21.1. The molecule has 0 saturated carbocycles. The van der Waals surface area contributed by atoms with E-state index in [1.165, 1.54) is 13.2 Å². The summed E-state index contributed by atoms with van der Waals surface area (Å²) in [4.78, 5) is 37.2. The standard InChI is InChI=1S/C24H22N2O4S/c1-30-24(29)16-25-23(28)15-17-7-9-19(10-8-17)26-22(27)14-12-20-11-13-21(31-20)18-5-3-2-4-6-18/h2-14H,15-16H2,1H3,(H,25,28)(H,26,27)/b14-12+. The number of thiophene rings is 1. The first kappa shape index (κ1) is 22.0. The molecule has 0 aliphatic rings. The Bertz CT molecular complexity index is 1070. The highest BCUT2D eigenvalue weighted by atomic mass is 32.1. The zero-order valence-electron chi connectivity index (χ0n) is 17.0. The molecule has 0 aliphatic carbocycles. The molecule has 0 unspecified atom stereocenters. The van der Waals surface area contributed by atoms with Gasteiger partial charge in [-0.2, -0.15) is 0 Å². The van der Waals surface area contributed by atoms with Crippen molar-refractivity contribution in [3.63, 3.8) is 0 Å². The molecule has 0 fully saturated rings. The fraction of sp³-hybridized carbons (Fsp3) is 0.125. The van der Waals surface area contributed by atoms with Crippen LogP contribution < -0.4 is 10.6 Å². The molecule has 2 amide bonds. The minimum absolute atomic E-state index is 0.132. The maximum Gasteiger partial charge on any atom is 0.325 e. The molecule has 158 valence electrons. The van der Waals surface area contributed by atoms with Gasteiger partial charge in [-0.05, 0) is 41.5 Å². The Morgan fingerprint density at radius 2 is 1.71 bits per heavy atom. The highest BCUT2D eigenvalue weighted by Crippen LogP contribution is 2.28. The third kappa shape index (κ3) is 6.94. The molecule has 6 nitrogen and oxygen atoms in total. The zero-order valence-corrected chi connectivity index (χ0v) is 17.8. The summed E-state index contributed by atoms with van der Waals surface area (Å²) >= 11 is 1.62. The van der Waals surface area contributed by atoms with Gasteiger partial charge in [0.1, 0.15) is 6.54 Å². The minimum Gasteiger partial charge on any atom is -0.468 e. The van der Waals surface area contributed by atoms with Crippen LogP contribution in [0.1, 0.15) is 10.4 Å². The predicted octanol–water partition coefficient (Wildman–Crippen LogP) is 3.90. The first-order chi connectivity index (χ1) is 15.0. The molecule has 3 rings (SSSR count). The lowest BCUT2D eigenvalue weighted by Gasteiger charge is -2.06. The number of methoxy groups -OCH3 is 1. The molecule has 31 heavy (non-hydrogen) atoms. The highest BCUT2D eigenvalue weighted by molar-refractivity contribution is 7.16. The number of ether oxygens (including phenoxy) is 1. The molecular weight excluding hydrogens is 412 g/mol. The monoisotopic (exact) mass is 434 g/mol. The Balaban J connectivity index is 1.50. The lowest BCUT2D eigenvalue weighted by atomic mass is 10.1. The number of hydrogen-bond donors (Lipinski definition) is 2. The van der Waals surface area contributed by atoms with Crippen molar-refractivity contribution in [3.05, 3.63) is 83.2 Å². The van der Waals surface area contributed by atoms with E-state index in [9.17, 15) is 14.4 Å². The Kier molecular flexibility index (Phi) is 7.73. The molecule has 7 heteroatoms. The van der Waals surface area contributed by atoms with E-state index >= 15 is 0 Å². The van der Waals surface area contributed by atoms with Gasteiger partial charge >= 0.3 is 5.97 Å². The lowest BCUT2D eigenvalue weighted by molar-refractivity contribution is -0.141. The minimum atomic E-state index is -0.502. The van der Waals surface area contributed by atoms with Crippen molar-refractivity contribution in [3.8, 4) is 10.4 Å². The molecule has 1 heterocycles. The van der Waals surface area contributed by atoms with E-state index in [0.29, 0.717) is 5.69 Å². The Hall–Kier alpha value is -3.71. The number of carbonyl (C=O) groups excluding carboxylic acids is 3. The van der Waals surface area contributed by atoms with Crippen LogP contribution in [0.3, 0.4) is 0 Å². The molecule has 0 radical (unpaired) electrons. The van der Waals surface area contributed by atoms with Crippen molar-refractivity contribution in [2.75, 3.05) is 19.0 Å². The third-order valence-corrected chi connectivity index (χ3v) is 5.43. The summed E-state index contributed by atoms with van der Waals surface area (Å²) in [6.45, 7) is -0.160. The molecule has 0 saturated heterocycles. The number of anilines is 1. The van der Waals surface area contributed by atoms with Gasteiger partial charge in [-0.25, -0.2) is 0 Å². The molecule has 0 bridgehead atoms. The van der Waals surface area contributed by atoms with Crippen LogP contribution >= 0.6 is 11.3 Å². The van der Waals surface area contributed by atoms with Crippen molar-refractivity contribution in [1.82, 2.24) is 5.32 Å². The van der Waals surface area contributed by atoms with Crippen LogP contribution in [-0.2, 0) is 25.5 Å². The molecule has 0 spiro atoms. The summed E-state index contributed by atoms with van der Waals surface area (Å²) in [7, 11) is 1.26. The normalized spacial score (nSPS) is 10.6. The van der Waals surface area contributed by atoms with Gasteiger partial charge in [-0.15, -0.1) is 11.3 Å². The molecular formula is C24H22N2O4S. The predicted molar refractivity (Wildman–Crippen MR) is 123 cm³/mol. The van der Waals surface area contributed by atoms with Crippen LogP contribution in [-0.4, -0.2) is 31.4 Å². The fourth-order valence-corrected chi connectivity index (χ4v) is 3.65. The van der Waals surface area contributed by atoms with Gasteiger partial charge in [-0.3, -0.25) is 14.4 Å². The number of benzene rings is 2. The largest absolute Gasteiger partial charge is 0.468 e. The van der Waals surface area contributed by atoms with Crippen molar-refractivity contribution < 1.29 is 19.1 Å². The van der Waals surface area contributed by atoms with E-state index in [-0.39, 0.29) is 24.8 Å². The summed E-state index contributed by atoms with van der Waals surface area (Å²) < 4.78 is 4.47. The number of rotatable bonds is 8. The highest BCUT2D eigenvalue weighted by Gasteiger charge is 2.07. The second kappa shape index (κ2) is 10.9. The quantitative estimate of drug-likeness (QED) is 0.416. The maximum absolute atomic E-state index is 12.2. The molecule has 0 atom stereocenters. The Morgan fingerprint density at radius 3 is 2.42 bits per heavy atom. The van der Waals surface area contributed by atoms with Gasteiger partial charge in [0.15, 0.2) is 0 Å². The number of nitrogens with one attached hydrogen (secondary N) is 2. The van der Waals surface area contributed by atoms with E-state index < -0.39 is 5.97 Å². The topological polar surface area (TPSA) is 84.5 Å². The Morgan fingerprint density at radius 1 is 0.968 bits per heavy atom. The smallest absolute Gasteiger partial charge is 0.325 e. The first-order valence-corrected chi connectivity index (χ1v) is 10.4. The van der Waals surface area contributed by atoms with Gasteiger partial charge < -0.3 is 15.4 Å². The van der Waals surface area contributed by atoms with Crippen LogP contribution in [0.4, 0.5) is 5.69 Å². The third-order valence-electron chi connectivity index (χ3n) is 4.33. The van der Waals surface area contributed by atoms with Gasteiger partial charge in [0.2, 0.25) is 11.8 Å². The van der Waals surface area contributed by atoms with Crippen molar-refractivity contribution in [1.29, 1.82) is 0 Å². The van der Waals surface area contributed by atoms with Crippen LogP contribution in [0, 0.1) is 0 Å². The van der Waals surface area contributed by atoms with Crippen LogP contribution in [0.5, 0.6) is 0 Å². The number of esters is 1. The number of hydrogen-bond acceptors (Lipinski definition) is 5. The van der Waals surface area contributed by atoms with E-state index in [4.69, 9.17) is 0 Å². The van der Waals surface area contributed by atoms with Gasteiger partial charge in [-0.1, -0.05) is 42.5 Å². The second-order valence-electron chi connectivity index (χ2n) is 6.62. The average Bonchev–Trinajstić information content (AvgIpc) is 3.27. The summed E-state index contributed by atoms with van der Waals surface area (Å²) in [6.07, 6.45) is 3.41. The van der Waals surface area contributed by atoms with Crippen molar-refractivity contribution in [2.24, 2.45) is 0 Å². The van der Waals surface area contributed by atoms with Gasteiger partial charge in [0, 0.05) is 21.5 Å². The van der Waals surface area contributed by atoms with Crippen molar-refractivity contribution in [2.45, 2.75) is 6.42 Å². The summed E-state index contributed by atoms with van der Waals surface area (Å²) in [5.74, 6) is -1.02. The molecule has 0 aliphatic heterocycles. The summed E-state index contributed by atoms with van der Waals surface area (Å²) in [5, 5.41) is 5.28. The van der Waals surface area contributed by atoms with Crippen LogP contribution in [0.25, 0.3) is 16.5 Å². The molecule has 1 aromatic heterocycles. The van der Waals surface area contributed by atoms with E-state index in [1.807, 2.05) is 30.3 Å². The number of carbonyl (C=O) groups is 3. The van der Waals surface area contributed by atoms with Gasteiger partial charge in [0.25, 0.3) is 0 Å². The second-order valence-corrected chi connectivity index (χ2v) is 7.73.